The molecule has 0 N–H and O–H groups in total. The van der Waals surface area contributed by atoms with Crippen LogP contribution in [0, 0.1) is 0 Å². The van der Waals surface area contributed by atoms with E-state index < -0.39 is 30.2 Å². The van der Waals surface area contributed by atoms with Crippen LogP contribution in [0.3, 0.4) is 0 Å². The summed E-state index contributed by atoms with van der Waals surface area (Å²) in [6.07, 6.45) is 6.57. The third-order valence-electron chi connectivity index (χ3n) is 7.43. The van der Waals surface area contributed by atoms with Crippen molar-refractivity contribution in [1.82, 2.24) is 0 Å². The van der Waals surface area contributed by atoms with Crippen molar-refractivity contribution < 1.29 is 14.0 Å². The summed E-state index contributed by atoms with van der Waals surface area (Å²) in [5, 5.41) is 7.11. The van der Waals surface area contributed by atoms with Crippen molar-refractivity contribution in [3.8, 4) is 11.1 Å². The van der Waals surface area contributed by atoms with Crippen LogP contribution in [0.5, 0.6) is 0 Å². The van der Waals surface area contributed by atoms with Crippen molar-refractivity contribution in [1.29, 1.82) is 0 Å². The van der Waals surface area contributed by atoms with E-state index in [1.807, 2.05) is 3.88 Å². The molecule has 2 aromatic rings. The summed E-state index contributed by atoms with van der Waals surface area (Å²) >= 11 is -3.11. The van der Waals surface area contributed by atoms with E-state index >= 15 is 0 Å². The van der Waals surface area contributed by atoms with E-state index in [1.165, 1.54) is 16.7 Å². The molecular formula is C26H40Cl2Si3Ti. The second-order valence-corrected chi connectivity index (χ2v) is 42.0. The molecule has 0 amide bonds. The van der Waals surface area contributed by atoms with E-state index in [0.29, 0.717) is 5.54 Å². The van der Waals surface area contributed by atoms with Gasteiger partial charge in [0.2, 0.25) is 0 Å². The molecule has 1 unspecified atom stereocenters. The Balaban J connectivity index is 0.00000181. The molecule has 0 saturated carbocycles. The van der Waals surface area contributed by atoms with Gasteiger partial charge in [-0.25, -0.2) is 0 Å². The Labute approximate surface area is 212 Å². The number of hydrogen-bond donors (Lipinski definition) is 0. The van der Waals surface area contributed by atoms with Gasteiger partial charge in [0.25, 0.3) is 0 Å². The number of hydrogen-bond acceptors (Lipinski definition) is 0. The Morgan fingerprint density at radius 1 is 0.844 bits per heavy atom. The Kier molecular flexibility index (Phi) is 7.75. The van der Waals surface area contributed by atoms with E-state index in [1.54, 1.807) is 14.6 Å². The first-order chi connectivity index (χ1) is 13.7. The van der Waals surface area contributed by atoms with Crippen molar-refractivity contribution in [3.63, 3.8) is 0 Å². The van der Waals surface area contributed by atoms with E-state index in [4.69, 9.17) is 0 Å². The number of halogens is 2. The van der Waals surface area contributed by atoms with E-state index in [0.717, 1.165) is 6.42 Å². The maximum atomic E-state index is 2.73. The van der Waals surface area contributed by atoms with Crippen molar-refractivity contribution >= 4 is 52.5 Å². The van der Waals surface area contributed by atoms with Crippen molar-refractivity contribution in [2.75, 3.05) is 0 Å². The maximum Gasteiger partial charge on any atom is -0.147 e. The van der Waals surface area contributed by atoms with E-state index in [9.17, 15) is 0 Å². The fraction of sp³-hybridized carbons (Fsp3) is 0.385. The van der Waals surface area contributed by atoms with Crippen LogP contribution in [-0.4, -0.2) is 23.8 Å². The minimum absolute atomic E-state index is 0. The molecule has 0 aromatic heterocycles. The van der Waals surface area contributed by atoms with Crippen LogP contribution in [0.25, 0.3) is 11.1 Å². The standard InChI is InChI=1S/C13H9.C11H21Si2.2CH3.2ClH.H2Si.Ti/c1-3-7-12-10(5-1)9-11-6-2-4-8-13(11)12;1-12(2,3)10-7-8-11(9-10)13(4,5)6;;;;;;/h1-5,7-8H,9H2;7,9,11H,1-6H3;2*1H3;2*1H;1H2;. The molecular weight excluding hydrogens is 515 g/mol. The molecule has 0 heterocycles. The van der Waals surface area contributed by atoms with Gasteiger partial charge in [-0.3, -0.25) is 0 Å². The van der Waals surface area contributed by atoms with Crippen molar-refractivity contribution in [3.05, 3.63) is 74.8 Å². The van der Waals surface area contributed by atoms with Gasteiger partial charge < -0.3 is 0 Å². The quantitative estimate of drug-likeness (QED) is 0.293. The summed E-state index contributed by atoms with van der Waals surface area (Å²) in [5.74, 6) is 0. The first kappa shape index (κ1) is 28.1. The second-order valence-electron chi connectivity index (χ2n) is 12.7. The summed E-state index contributed by atoms with van der Waals surface area (Å²) in [4.78, 5) is 0. The minimum atomic E-state index is -3.11. The third kappa shape index (κ3) is 4.69. The van der Waals surface area contributed by atoms with Gasteiger partial charge in [-0.15, -0.1) is 24.8 Å². The van der Waals surface area contributed by atoms with Crippen LogP contribution < -0.4 is 3.87 Å². The van der Waals surface area contributed by atoms with Gasteiger partial charge in [0.1, 0.15) is 0 Å². The number of benzene rings is 2. The normalized spacial score (nSPS) is 18.1. The molecule has 174 valence electrons. The number of rotatable bonds is 4. The fourth-order valence-corrected chi connectivity index (χ4v) is 22.4. The third-order valence-corrected chi connectivity index (χ3v) is 22.6. The first-order valence-electron chi connectivity index (χ1n) is 11.4. The van der Waals surface area contributed by atoms with Gasteiger partial charge in [-0.1, -0.05) is 0 Å². The number of allylic oxidation sites excluding steroid dienone is 4. The maximum absolute atomic E-state index is 3.11. The van der Waals surface area contributed by atoms with E-state index in [-0.39, 0.29) is 24.8 Å². The molecule has 2 aromatic carbocycles. The molecule has 0 spiro atoms. The fourth-order valence-electron chi connectivity index (χ4n) is 5.55. The molecule has 0 fully saturated rings. The molecule has 0 radical (unpaired) electrons. The Hall–Kier alpha value is -0.135. The molecule has 0 aliphatic heterocycles. The molecule has 2 aliphatic carbocycles. The summed E-state index contributed by atoms with van der Waals surface area (Å²) in [5.41, 5.74) is 6.79. The zero-order chi connectivity index (χ0) is 22.1. The first-order valence-corrected chi connectivity index (χ1v) is 27.2. The Morgan fingerprint density at radius 2 is 1.44 bits per heavy atom. The zero-order valence-electron chi connectivity index (χ0n) is 21.0. The van der Waals surface area contributed by atoms with Crippen LogP contribution in [-0.2, 0) is 20.5 Å². The molecule has 32 heavy (non-hydrogen) atoms. The van der Waals surface area contributed by atoms with Crippen LogP contribution in [0.2, 0.25) is 55.3 Å². The van der Waals surface area contributed by atoms with Gasteiger partial charge in [-0.05, 0) is 0 Å². The van der Waals surface area contributed by atoms with Crippen LogP contribution >= 0.6 is 24.8 Å². The minimum Gasteiger partial charge on any atom is -0.147 e. The predicted octanol–water partition coefficient (Wildman–Crippen LogP) is 7.47. The molecule has 0 saturated heterocycles. The van der Waals surface area contributed by atoms with Gasteiger partial charge in [-0.2, -0.15) is 0 Å². The van der Waals surface area contributed by atoms with Crippen LogP contribution in [0.4, 0.5) is 0 Å². The average Bonchev–Trinajstić information content (AvgIpc) is 3.23. The van der Waals surface area contributed by atoms with Crippen molar-refractivity contribution in [2.24, 2.45) is 0 Å². The van der Waals surface area contributed by atoms with Crippen LogP contribution in [0.15, 0.2) is 63.7 Å². The second kappa shape index (κ2) is 8.82. The van der Waals surface area contributed by atoms with Gasteiger partial charge >= 0.3 is 189 Å². The summed E-state index contributed by atoms with van der Waals surface area (Å²) in [6, 6.07) is 16.2. The summed E-state index contributed by atoms with van der Waals surface area (Å²) in [7, 11) is -0.276. The van der Waals surface area contributed by atoms with Crippen LogP contribution in [0.1, 0.15) is 11.1 Å². The molecule has 0 bridgehead atoms. The van der Waals surface area contributed by atoms with E-state index in [2.05, 4.69) is 112 Å². The average molecular weight is 556 g/mol. The molecule has 2 aliphatic rings. The molecule has 1 atom stereocenters. The summed E-state index contributed by atoms with van der Waals surface area (Å²) in [6.45, 7) is 15.3. The monoisotopic (exact) mass is 554 g/mol. The smallest absolute Gasteiger partial charge is 0.147 e. The van der Waals surface area contributed by atoms with Gasteiger partial charge in [0, 0.05) is 0 Å². The summed E-state index contributed by atoms with van der Waals surface area (Å²) < 4.78 is 3.57. The number of fused-ring (bicyclic) bond motifs is 3. The zero-order valence-corrected chi connectivity index (χ0v) is 27.6. The molecule has 6 heteroatoms. The molecule has 4 rings (SSSR count). The van der Waals surface area contributed by atoms with Gasteiger partial charge in [0.15, 0.2) is 0 Å². The van der Waals surface area contributed by atoms with Gasteiger partial charge in [0.05, 0.1) is 0 Å². The Morgan fingerprint density at radius 3 is 2.03 bits per heavy atom. The topological polar surface area (TPSA) is 0 Å². The predicted molar refractivity (Wildman–Crippen MR) is 156 cm³/mol. The SMILES string of the molecule is C[Si](C)(C)C1=CC([Si](C)(C)C)[C]([Ti]([CH3])([CH3])(=[SiH2])[c]2cccc3c2Cc2ccccc2-3)=C1.Cl.Cl. The largest absolute Gasteiger partial charge is 0.147 e. The molecule has 0 nitrogen and oxygen atoms in total. The van der Waals surface area contributed by atoms with Crippen molar-refractivity contribution in [2.45, 2.75) is 61.7 Å². The Bertz CT molecular complexity index is 1170.